The molecule has 1 saturated heterocycles. The molecule has 2 aromatic rings. The fourth-order valence-electron chi connectivity index (χ4n) is 4.69. The number of amides is 2. The van der Waals surface area contributed by atoms with E-state index in [0.29, 0.717) is 32.4 Å². The summed E-state index contributed by atoms with van der Waals surface area (Å²) in [5.41, 5.74) is 4.73. The summed E-state index contributed by atoms with van der Waals surface area (Å²) in [6.45, 7) is 1.08. The third kappa shape index (κ3) is 5.56. The summed E-state index contributed by atoms with van der Waals surface area (Å²) < 4.78 is 10.6. The van der Waals surface area contributed by atoms with Gasteiger partial charge in [-0.3, -0.25) is 4.79 Å². The van der Waals surface area contributed by atoms with Gasteiger partial charge < -0.3 is 25.2 Å². The van der Waals surface area contributed by atoms with Gasteiger partial charge in [-0.2, -0.15) is 0 Å². The van der Waals surface area contributed by atoms with Gasteiger partial charge >= 0.3 is 12.1 Å². The molecule has 2 aliphatic rings. The highest BCUT2D eigenvalue weighted by atomic mass is 16.5. The van der Waals surface area contributed by atoms with Crippen LogP contribution in [0.1, 0.15) is 49.1 Å². The number of hydrogen-bond donors (Lipinski definition) is 3. The van der Waals surface area contributed by atoms with Crippen molar-refractivity contribution in [2.45, 2.75) is 50.2 Å². The minimum atomic E-state index is -1.05. The van der Waals surface area contributed by atoms with Gasteiger partial charge in [-0.15, -0.1) is 0 Å². The zero-order valence-electron chi connectivity index (χ0n) is 19.0. The molecular formula is C26H30N2O6. The molecule has 8 nitrogen and oxygen atoms in total. The molecule has 2 amide bonds. The topological polar surface area (TPSA) is 114 Å². The lowest BCUT2D eigenvalue weighted by Gasteiger charge is -2.16. The van der Waals surface area contributed by atoms with Crippen LogP contribution in [0.4, 0.5) is 4.79 Å². The first-order valence-corrected chi connectivity index (χ1v) is 11.8. The van der Waals surface area contributed by atoms with Gasteiger partial charge in [0, 0.05) is 25.5 Å². The van der Waals surface area contributed by atoms with Crippen LogP contribution in [0, 0.1) is 0 Å². The standard InChI is InChI=1S/C26H30N2O6/c29-23(28-22-13-15-33-24(22)25(30)31)12-2-1-7-14-27-26(32)34-16-21-19-10-5-3-8-17(19)18-9-4-6-11-20(18)21/h3-6,8-11,21-22,24H,1-2,7,12-16H2,(H,27,32)(H,28,29)(H,30,31). The van der Waals surface area contributed by atoms with Crippen molar-refractivity contribution in [1.29, 1.82) is 0 Å². The number of nitrogens with one attached hydrogen (secondary N) is 2. The maximum absolute atomic E-state index is 12.2. The van der Waals surface area contributed by atoms with Crippen LogP contribution in [0.15, 0.2) is 48.5 Å². The van der Waals surface area contributed by atoms with Gasteiger partial charge in [0.15, 0.2) is 6.10 Å². The fourth-order valence-corrected chi connectivity index (χ4v) is 4.69. The van der Waals surface area contributed by atoms with Crippen molar-refractivity contribution in [3.63, 3.8) is 0 Å². The van der Waals surface area contributed by atoms with E-state index in [1.165, 1.54) is 22.3 Å². The monoisotopic (exact) mass is 466 g/mol. The molecule has 2 aromatic carbocycles. The van der Waals surface area contributed by atoms with E-state index < -0.39 is 24.2 Å². The zero-order valence-corrected chi connectivity index (χ0v) is 19.0. The second-order valence-corrected chi connectivity index (χ2v) is 8.66. The molecule has 2 atom stereocenters. The van der Waals surface area contributed by atoms with Crippen LogP contribution in [-0.4, -0.2) is 55.0 Å². The van der Waals surface area contributed by atoms with Crippen LogP contribution in [0.3, 0.4) is 0 Å². The lowest BCUT2D eigenvalue weighted by atomic mass is 9.98. The van der Waals surface area contributed by atoms with Gasteiger partial charge in [0.1, 0.15) is 6.61 Å². The molecule has 0 saturated carbocycles. The number of carboxylic acids is 1. The summed E-state index contributed by atoms with van der Waals surface area (Å²) >= 11 is 0. The van der Waals surface area contributed by atoms with Crippen LogP contribution in [-0.2, 0) is 19.1 Å². The number of carbonyl (C=O) groups is 3. The Bertz CT molecular complexity index is 994. The Morgan fingerprint density at radius 1 is 0.971 bits per heavy atom. The van der Waals surface area contributed by atoms with Crippen molar-refractivity contribution < 1.29 is 29.0 Å². The first kappa shape index (κ1) is 23.8. The number of alkyl carbamates (subject to hydrolysis) is 1. The van der Waals surface area contributed by atoms with E-state index in [4.69, 9.17) is 14.6 Å². The Labute approximate surface area is 198 Å². The molecule has 1 aliphatic heterocycles. The van der Waals surface area contributed by atoms with Gasteiger partial charge in [0.2, 0.25) is 5.91 Å². The average Bonchev–Trinajstić information content (AvgIpc) is 3.42. The molecule has 1 heterocycles. The Balaban J connectivity index is 1.12. The molecule has 180 valence electrons. The van der Waals surface area contributed by atoms with E-state index in [-0.39, 0.29) is 18.4 Å². The largest absolute Gasteiger partial charge is 0.479 e. The van der Waals surface area contributed by atoms with Gasteiger partial charge in [-0.25, -0.2) is 9.59 Å². The summed E-state index contributed by atoms with van der Waals surface area (Å²) in [5, 5.41) is 14.6. The summed E-state index contributed by atoms with van der Waals surface area (Å²) in [6.07, 6.45) is 1.55. The second kappa shape index (κ2) is 11.2. The molecule has 3 N–H and O–H groups in total. The van der Waals surface area contributed by atoms with Crippen LogP contribution in [0.2, 0.25) is 0 Å². The predicted octanol–water partition coefficient (Wildman–Crippen LogP) is 3.44. The van der Waals surface area contributed by atoms with Crippen molar-refractivity contribution in [2.75, 3.05) is 19.8 Å². The normalized spacial score (nSPS) is 18.7. The number of rotatable bonds is 10. The first-order valence-electron chi connectivity index (χ1n) is 11.8. The average molecular weight is 467 g/mol. The van der Waals surface area contributed by atoms with E-state index in [9.17, 15) is 14.4 Å². The Morgan fingerprint density at radius 3 is 2.32 bits per heavy atom. The Kier molecular flexibility index (Phi) is 7.80. The highest BCUT2D eigenvalue weighted by Crippen LogP contribution is 2.44. The van der Waals surface area contributed by atoms with E-state index in [2.05, 4.69) is 34.9 Å². The molecule has 1 fully saturated rings. The quantitative estimate of drug-likeness (QED) is 0.462. The third-order valence-corrected chi connectivity index (χ3v) is 6.38. The molecule has 4 rings (SSSR count). The van der Waals surface area contributed by atoms with E-state index in [0.717, 1.165) is 12.8 Å². The molecule has 0 bridgehead atoms. The molecule has 0 aromatic heterocycles. The molecule has 1 aliphatic carbocycles. The number of carboxylic acid groups (broad SMARTS) is 1. The zero-order chi connectivity index (χ0) is 23.9. The summed E-state index contributed by atoms with van der Waals surface area (Å²) in [7, 11) is 0. The minimum absolute atomic E-state index is 0.0302. The van der Waals surface area contributed by atoms with E-state index >= 15 is 0 Å². The van der Waals surface area contributed by atoms with E-state index in [1.54, 1.807) is 0 Å². The van der Waals surface area contributed by atoms with Crippen LogP contribution in [0.5, 0.6) is 0 Å². The SMILES string of the molecule is O=C(CCCCCNC(=O)OCC1c2ccccc2-c2ccccc21)NC1CCOC1C(=O)O. The van der Waals surface area contributed by atoms with Crippen molar-refractivity contribution >= 4 is 18.0 Å². The van der Waals surface area contributed by atoms with Gasteiger partial charge in [0.25, 0.3) is 0 Å². The lowest BCUT2D eigenvalue weighted by Crippen LogP contribution is -2.44. The Morgan fingerprint density at radius 2 is 1.65 bits per heavy atom. The maximum Gasteiger partial charge on any atom is 0.407 e. The molecule has 34 heavy (non-hydrogen) atoms. The minimum Gasteiger partial charge on any atom is -0.479 e. The van der Waals surface area contributed by atoms with Gasteiger partial charge in [-0.1, -0.05) is 55.0 Å². The summed E-state index contributed by atoms with van der Waals surface area (Å²) in [6, 6.07) is 15.9. The molecule has 0 spiro atoms. The smallest absolute Gasteiger partial charge is 0.407 e. The Hall–Kier alpha value is -3.39. The number of unbranched alkanes of at least 4 members (excludes halogenated alkanes) is 2. The number of ether oxygens (including phenoxy) is 2. The molecule has 2 unspecified atom stereocenters. The van der Waals surface area contributed by atoms with Gasteiger partial charge in [-0.05, 0) is 41.5 Å². The predicted molar refractivity (Wildman–Crippen MR) is 125 cm³/mol. The first-order chi connectivity index (χ1) is 16.5. The van der Waals surface area contributed by atoms with Gasteiger partial charge in [0.05, 0.1) is 6.04 Å². The number of aliphatic carboxylic acids is 1. The maximum atomic E-state index is 12.2. The van der Waals surface area contributed by atoms with Crippen LogP contribution < -0.4 is 10.6 Å². The van der Waals surface area contributed by atoms with Crippen molar-refractivity contribution in [3.8, 4) is 11.1 Å². The number of fused-ring (bicyclic) bond motifs is 3. The summed E-state index contributed by atoms with van der Waals surface area (Å²) in [5.74, 6) is -1.20. The molecular weight excluding hydrogens is 436 g/mol. The van der Waals surface area contributed by atoms with Crippen molar-refractivity contribution in [1.82, 2.24) is 10.6 Å². The second-order valence-electron chi connectivity index (χ2n) is 8.66. The fraction of sp³-hybridized carbons (Fsp3) is 0.423. The highest BCUT2D eigenvalue weighted by molar-refractivity contribution is 5.80. The third-order valence-electron chi connectivity index (χ3n) is 6.38. The lowest BCUT2D eigenvalue weighted by molar-refractivity contribution is -0.148. The number of benzene rings is 2. The van der Waals surface area contributed by atoms with Crippen molar-refractivity contribution in [3.05, 3.63) is 59.7 Å². The molecule has 8 heteroatoms. The molecule has 0 radical (unpaired) electrons. The summed E-state index contributed by atoms with van der Waals surface area (Å²) in [4.78, 5) is 35.3. The number of hydrogen-bond acceptors (Lipinski definition) is 5. The van der Waals surface area contributed by atoms with E-state index in [1.807, 2.05) is 24.3 Å². The number of carbonyl (C=O) groups excluding carboxylic acids is 2. The highest BCUT2D eigenvalue weighted by Gasteiger charge is 2.35. The van der Waals surface area contributed by atoms with Crippen LogP contribution >= 0.6 is 0 Å². The van der Waals surface area contributed by atoms with Crippen molar-refractivity contribution in [2.24, 2.45) is 0 Å². The van der Waals surface area contributed by atoms with Crippen LogP contribution in [0.25, 0.3) is 11.1 Å².